The van der Waals surface area contributed by atoms with E-state index in [4.69, 9.17) is 9.90 Å². The summed E-state index contributed by atoms with van der Waals surface area (Å²) in [4.78, 5) is 44.0. The van der Waals surface area contributed by atoms with Crippen LogP contribution in [0.1, 0.15) is 0 Å². The Bertz CT molecular complexity index is 1320. The molecule has 0 aliphatic heterocycles. The number of amides is 2. The summed E-state index contributed by atoms with van der Waals surface area (Å²) in [5.74, 6) is -1.38. The van der Waals surface area contributed by atoms with Gasteiger partial charge in [0, 0.05) is 44.9 Å². The van der Waals surface area contributed by atoms with Crippen LogP contribution in [0.25, 0.3) is 10.9 Å². The van der Waals surface area contributed by atoms with Crippen molar-refractivity contribution in [1.82, 2.24) is 20.2 Å². The number of carbonyl (C=O) groups is 3. The molecule has 40 heavy (non-hydrogen) atoms. The third-order valence-electron chi connectivity index (χ3n) is 4.83. The normalized spacial score (nSPS) is 11.0. The number of thiol groups is 2. The van der Waals surface area contributed by atoms with Crippen LogP contribution in [-0.4, -0.2) is 81.6 Å². The van der Waals surface area contributed by atoms with Crippen molar-refractivity contribution in [3.05, 3.63) is 52.4 Å². The Labute approximate surface area is 252 Å². The molecule has 1 aromatic heterocycles. The average Bonchev–Trinajstić information content (AvgIpc) is 2.88. The largest absolute Gasteiger partial charge is 0.490 e. The molecule has 0 spiro atoms. The summed E-state index contributed by atoms with van der Waals surface area (Å²) in [6.45, 7) is 1.20. The second-order valence-electron chi connectivity index (χ2n) is 7.95. The van der Waals surface area contributed by atoms with Gasteiger partial charge in [-0.15, -0.1) is 0 Å². The molecule has 1 heterocycles. The Kier molecular flexibility index (Phi) is 13.7. The number of carboxylic acid groups (broad SMARTS) is 1. The van der Waals surface area contributed by atoms with Gasteiger partial charge in [-0.3, -0.25) is 14.5 Å². The highest BCUT2D eigenvalue weighted by Crippen LogP contribution is 2.26. The third-order valence-corrected chi connectivity index (χ3v) is 5.93. The Morgan fingerprint density at radius 3 is 2.30 bits per heavy atom. The van der Waals surface area contributed by atoms with Crippen LogP contribution in [0, 0.1) is 3.57 Å². The number of aliphatic carboxylic acids is 1. The summed E-state index contributed by atoms with van der Waals surface area (Å²) in [5.41, 5.74) is 2.29. The first-order chi connectivity index (χ1) is 18.9. The predicted octanol–water partition coefficient (Wildman–Crippen LogP) is 3.83. The Balaban J connectivity index is 0.000000708. The molecule has 0 fully saturated rings. The zero-order chi connectivity index (χ0) is 29.7. The number of carbonyl (C=O) groups excluding carboxylic acids is 2. The summed E-state index contributed by atoms with van der Waals surface area (Å²) in [7, 11) is 0. The van der Waals surface area contributed by atoms with E-state index in [0.29, 0.717) is 36.1 Å². The number of rotatable bonds is 11. The lowest BCUT2D eigenvalue weighted by atomic mass is 10.2. The van der Waals surface area contributed by atoms with E-state index in [1.165, 1.54) is 6.33 Å². The number of benzene rings is 2. The molecule has 0 atom stereocenters. The quantitative estimate of drug-likeness (QED) is 0.131. The van der Waals surface area contributed by atoms with Crippen LogP contribution >= 0.6 is 47.8 Å². The van der Waals surface area contributed by atoms with Crippen LogP contribution in [0.5, 0.6) is 0 Å². The summed E-state index contributed by atoms with van der Waals surface area (Å²) >= 11 is 10.6. The van der Waals surface area contributed by atoms with Crippen molar-refractivity contribution in [1.29, 1.82) is 0 Å². The van der Waals surface area contributed by atoms with Gasteiger partial charge in [-0.1, -0.05) is 6.07 Å². The van der Waals surface area contributed by atoms with Gasteiger partial charge in [0.05, 0.1) is 18.6 Å². The van der Waals surface area contributed by atoms with Crippen LogP contribution in [0.2, 0.25) is 0 Å². The topological polar surface area (TPSA) is 137 Å². The van der Waals surface area contributed by atoms with E-state index in [-0.39, 0.29) is 24.9 Å². The number of hydrogen-bond acceptors (Lipinski definition) is 9. The Morgan fingerprint density at radius 2 is 1.68 bits per heavy atom. The minimum Gasteiger partial charge on any atom is -0.475 e. The molecule has 216 valence electrons. The molecule has 0 radical (unpaired) electrons. The van der Waals surface area contributed by atoms with E-state index in [0.717, 1.165) is 20.2 Å². The van der Waals surface area contributed by atoms with Gasteiger partial charge in [0.25, 0.3) is 0 Å². The van der Waals surface area contributed by atoms with Crippen molar-refractivity contribution in [2.45, 2.75) is 6.18 Å². The molecule has 4 N–H and O–H groups in total. The Hall–Kier alpha value is -2.83. The van der Waals surface area contributed by atoms with Crippen LogP contribution < -0.4 is 16.0 Å². The maximum atomic E-state index is 12.7. The van der Waals surface area contributed by atoms with Crippen molar-refractivity contribution >= 4 is 93.7 Å². The monoisotopic (exact) mass is 710 g/mol. The number of aromatic nitrogens is 2. The summed E-state index contributed by atoms with van der Waals surface area (Å²) in [5, 5.41) is 16.9. The minimum absolute atomic E-state index is 0.0751. The second kappa shape index (κ2) is 16.4. The lowest BCUT2D eigenvalue weighted by Crippen LogP contribution is -2.42. The lowest BCUT2D eigenvalue weighted by Gasteiger charge is -2.20. The molecule has 0 bridgehead atoms. The SMILES string of the molecule is O=C(CN(CCS)CC(=O)Nc1ccc2ncnc(Nc3cccc(I)c3)c2c1)NCCS.O=C(O)C(F)(F)F. The molecule has 16 heteroatoms. The van der Waals surface area contributed by atoms with Crippen LogP contribution in [-0.2, 0) is 14.4 Å². The molecule has 0 aliphatic carbocycles. The van der Waals surface area contributed by atoms with E-state index < -0.39 is 12.1 Å². The van der Waals surface area contributed by atoms with Crippen molar-refractivity contribution < 1.29 is 32.7 Å². The fraction of sp³-hybridized carbons (Fsp3) is 0.292. The first kappa shape index (κ1) is 33.4. The van der Waals surface area contributed by atoms with Crippen LogP contribution in [0.15, 0.2) is 48.8 Å². The molecule has 0 aliphatic rings. The zero-order valence-corrected chi connectivity index (χ0v) is 24.7. The predicted molar refractivity (Wildman–Crippen MR) is 161 cm³/mol. The number of fused-ring (bicyclic) bond motifs is 1. The number of anilines is 3. The molecular formula is C24H26F3IN6O4S2. The fourth-order valence-electron chi connectivity index (χ4n) is 3.15. The van der Waals surface area contributed by atoms with Crippen LogP contribution in [0.3, 0.4) is 0 Å². The van der Waals surface area contributed by atoms with Gasteiger partial charge in [0.1, 0.15) is 12.1 Å². The van der Waals surface area contributed by atoms with Gasteiger partial charge < -0.3 is 21.1 Å². The molecule has 3 rings (SSSR count). The molecule has 0 saturated heterocycles. The number of halogens is 4. The molecule has 10 nitrogen and oxygen atoms in total. The van der Waals surface area contributed by atoms with Gasteiger partial charge in [-0.2, -0.15) is 38.4 Å². The third kappa shape index (κ3) is 11.7. The van der Waals surface area contributed by atoms with E-state index in [1.54, 1.807) is 11.0 Å². The van der Waals surface area contributed by atoms with Gasteiger partial charge >= 0.3 is 12.1 Å². The maximum absolute atomic E-state index is 12.7. The van der Waals surface area contributed by atoms with Gasteiger partial charge in [0.15, 0.2) is 0 Å². The fourth-order valence-corrected chi connectivity index (χ4v) is 4.09. The van der Waals surface area contributed by atoms with Crippen molar-refractivity contribution in [3.8, 4) is 0 Å². The number of hydrogen-bond donors (Lipinski definition) is 6. The van der Waals surface area contributed by atoms with Gasteiger partial charge in [0.2, 0.25) is 11.8 Å². The summed E-state index contributed by atoms with van der Waals surface area (Å²) in [6.07, 6.45) is -3.58. The first-order valence-corrected chi connectivity index (χ1v) is 13.9. The molecule has 2 aromatic carbocycles. The highest BCUT2D eigenvalue weighted by Gasteiger charge is 2.38. The lowest BCUT2D eigenvalue weighted by molar-refractivity contribution is -0.192. The number of nitrogens with one attached hydrogen (secondary N) is 3. The van der Waals surface area contributed by atoms with Crippen LogP contribution in [0.4, 0.5) is 30.4 Å². The smallest absolute Gasteiger partial charge is 0.475 e. The van der Waals surface area contributed by atoms with Crippen molar-refractivity contribution in [3.63, 3.8) is 0 Å². The van der Waals surface area contributed by atoms with Crippen molar-refractivity contribution in [2.24, 2.45) is 0 Å². The van der Waals surface area contributed by atoms with E-state index in [1.807, 2.05) is 36.4 Å². The van der Waals surface area contributed by atoms with E-state index in [2.05, 4.69) is 73.8 Å². The standard InChI is InChI=1S/C22H25IN6O2S2.C2HF3O2/c23-15-2-1-3-16(10-15)28-22-18-11-17(4-5-19(18)25-14-26-22)27-21(31)13-29(7-9-33)12-20(30)24-6-8-32;3-2(4,5)1(6)7/h1-5,10-11,14,32-33H,6-9,12-13H2,(H,24,30)(H,27,31)(H,25,26,28);(H,6,7). The van der Waals surface area contributed by atoms with Gasteiger partial charge in [-0.25, -0.2) is 14.8 Å². The summed E-state index contributed by atoms with van der Waals surface area (Å²) in [6, 6.07) is 13.4. The minimum atomic E-state index is -5.08. The van der Waals surface area contributed by atoms with E-state index >= 15 is 0 Å². The molecular weight excluding hydrogens is 684 g/mol. The Morgan fingerprint density at radius 1 is 0.975 bits per heavy atom. The van der Waals surface area contributed by atoms with E-state index in [9.17, 15) is 22.8 Å². The number of alkyl halides is 3. The average molecular weight is 711 g/mol. The maximum Gasteiger partial charge on any atom is 0.490 e. The molecule has 3 aromatic rings. The zero-order valence-electron chi connectivity index (χ0n) is 20.8. The number of carboxylic acids is 1. The molecule has 0 saturated carbocycles. The van der Waals surface area contributed by atoms with Crippen molar-refractivity contribution in [2.75, 3.05) is 48.3 Å². The molecule has 2 amide bonds. The summed E-state index contributed by atoms with van der Waals surface area (Å²) < 4.78 is 32.8. The number of nitrogens with zero attached hydrogens (tertiary/aromatic N) is 3. The second-order valence-corrected chi connectivity index (χ2v) is 10.1. The van der Waals surface area contributed by atoms with Gasteiger partial charge in [-0.05, 0) is 59.0 Å². The first-order valence-electron chi connectivity index (χ1n) is 11.5. The highest BCUT2D eigenvalue weighted by molar-refractivity contribution is 14.1. The highest BCUT2D eigenvalue weighted by atomic mass is 127. The molecule has 0 unspecified atom stereocenters.